The minimum atomic E-state index is -3.53. The number of nitrogens with one attached hydrogen (secondary N) is 1. The van der Waals surface area contributed by atoms with Crippen molar-refractivity contribution < 1.29 is 13.2 Å². The first kappa shape index (κ1) is 15.1. The molecule has 112 valence electrons. The van der Waals surface area contributed by atoms with Crippen LogP contribution >= 0.6 is 0 Å². The number of methoxy groups -OCH3 is 1. The van der Waals surface area contributed by atoms with Crippen molar-refractivity contribution in [3.05, 3.63) is 18.2 Å². The molecule has 0 saturated heterocycles. The second kappa shape index (κ2) is 5.26. The summed E-state index contributed by atoms with van der Waals surface area (Å²) in [5.74, 6) is 0.478. The third-order valence-electron chi connectivity index (χ3n) is 3.80. The Hall–Kier alpha value is -1.27. The Morgan fingerprint density at radius 3 is 2.60 bits per heavy atom. The third kappa shape index (κ3) is 3.24. The van der Waals surface area contributed by atoms with E-state index in [4.69, 9.17) is 10.5 Å². The van der Waals surface area contributed by atoms with Gasteiger partial charge in [0, 0.05) is 6.04 Å². The Bertz CT molecular complexity index is 596. The minimum Gasteiger partial charge on any atom is -0.495 e. The molecular weight excluding hydrogens is 276 g/mol. The van der Waals surface area contributed by atoms with Gasteiger partial charge in [-0.05, 0) is 42.9 Å². The predicted molar refractivity (Wildman–Crippen MR) is 79.1 cm³/mol. The van der Waals surface area contributed by atoms with Gasteiger partial charge in [0.2, 0.25) is 10.0 Å². The Balaban J connectivity index is 2.17. The van der Waals surface area contributed by atoms with E-state index in [1.807, 2.05) is 0 Å². The van der Waals surface area contributed by atoms with Crippen LogP contribution in [0.4, 0.5) is 5.69 Å². The van der Waals surface area contributed by atoms with Crippen LogP contribution in [-0.4, -0.2) is 21.6 Å². The minimum absolute atomic E-state index is 0.00155. The van der Waals surface area contributed by atoms with Gasteiger partial charge in [0.1, 0.15) is 5.75 Å². The molecule has 0 radical (unpaired) electrons. The van der Waals surface area contributed by atoms with Gasteiger partial charge in [0.15, 0.2) is 0 Å². The zero-order chi connectivity index (χ0) is 15.0. The van der Waals surface area contributed by atoms with Crippen molar-refractivity contribution in [2.45, 2.75) is 44.0 Å². The molecule has 0 aromatic heterocycles. The molecule has 2 rings (SSSR count). The van der Waals surface area contributed by atoms with Crippen LogP contribution < -0.4 is 15.2 Å². The van der Waals surface area contributed by atoms with Crippen molar-refractivity contribution in [2.75, 3.05) is 12.8 Å². The molecule has 1 atom stereocenters. The molecular formula is C14H22N2O3S. The maximum atomic E-state index is 12.3. The monoisotopic (exact) mass is 298 g/mol. The molecule has 1 fully saturated rings. The maximum absolute atomic E-state index is 12.3. The highest BCUT2D eigenvalue weighted by Crippen LogP contribution is 2.37. The van der Waals surface area contributed by atoms with Crippen molar-refractivity contribution >= 4 is 15.7 Å². The van der Waals surface area contributed by atoms with E-state index in [2.05, 4.69) is 18.6 Å². The van der Waals surface area contributed by atoms with Crippen LogP contribution in [0.2, 0.25) is 0 Å². The van der Waals surface area contributed by atoms with E-state index in [1.165, 1.54) is 19.2 Å². The van der Waals surface area contributed by atoms with Crippen LogP contribution in [0.5, 0.6) is 5.75 Å². The normalized spacial score (nSPS) is 21.9. The fraction of sp³-hybridized carbons (Fsp3) is 0.571. The molecule has 1 aliphatic rings. The van der Waals surface area contributed by atoms with E-state index in [9.17, 15) is 8.42 Å². The molecule has 0 aliphatic heterocycles. The summed E-state index contributed by atoms with van der Waals surface area (Å²) in [6.07, 6.45) is 2.76. The van der Waals surface area contributed by atoms with Crippen molar-refractivity contribution in [3.8, 4) is 5.75 Å². The molecule has 0 bridgehead atoms. The second-order valence-electron chi connectivity index (χ2n) is 6.13. The van der Waals surface area contributed by atoms with Gasteiger partial charge in [-0.3, -0.25) is 0 Å². The standard InChI is InChI=1S/C14H22N2O3S/c1-14(2)7-6-10(9-14)16-20(17,18)11-4-5-13(19-3)12(15)8-11/h4-5,8,10,16H,6-7,9,15H2,1-3H3. The summed E-state index contributed by atoms with van der Waals surface area (Å²) in [4.78, 5) is 0.181. The van der Waals surface area contributed by atoms with Crippen LogP contribution in [0.3, 0.4) is 0 Å². The number of ether oxygens (including phenoxy) is 1. The van der Waals surface area contributed by atoms with E-state index in [0.29, 0.717) is 11.4 Å². The number of hydrogen-bond acceptors (Lipinski definition) is 4. The fourth-order valence-corrected chi connectivity index (χ4v) is 4.01. The number of nitrogens with two attached hydrogens (primary N) is 1. The Kier molecular flexibility index (Phi) is 3.97. The zero-order valence-corrected chi connectivity index (χ0v) is 13.0. The van der Waals surface area contributed by atoms with Gasteiger partial charge in [-0.25, -0.2) is 13.1 Å². The highest BCUT2D eigenvalue weighted by molar-refractivity contribution is 7.89. The van der Waals surface area contributed by atoms with Gasteiger partial charge >= 0.3 is 0 Å². The van der Waals surface area contributed by atoms with Crippen LogP contribution in [0.1, 0.15) is 33.1 Å². The first-order chi connectivity index (χ1) is 9.23. The topological polar surface area (TPSA) is 81.4 Å². The lowest BCUT2D eigenvalue weighted by molar-refractivity contribution is 0.372. The molecule has 0 heterocycles. The molecule has 3 N–H and O–H groups in total. The van der Waals surface area contributed by atoms with Gasteiger partial charge < -0.3 is 10.5 Å². The van der Waals surface area contributed by atoms with E-state index >= 15 is 0 Å². The largest absolute Gasteiger partial charge is 0.495 e. The van der Waals surface area contributed by atoms with Crippen molar-refractivity contribution in [3.63, 3.8) is 0 Å². The lowest BCUT2D eigenvalue weighted by Gasteiger charge is -2.18. The SMILES string of the molecule is COc1ccc(S(=O)(=O)NC2CCC(C)(C)C2)cc1N. The molecule has 5 nitrogen and oxygen atoms in total. The number of benzene rings is 1. The molecule has 6 heteroatoms. The lowest BCUT2D eigenvalue weighted by atomic mass is 9.92. The average Bonchev–Trinajstić information content (AvgIpc) is 2.67. The molecule has 1 aliphatic carbocycles. The van der Waals surface area contributed by atoms with Gasteiger partial charge in [0.05, 0.1) is 17.7 Å². The number of nitrogen functional groups attached to an aromatic ring is 1. The lowest BCUT2D eigenvalue weighted by Crippen LogP contribution is -2.33. The second-order valence-corrected chi connectivity index (χ2v) is 7.84. The molecule has 1 aromatic rings. The smallest absolute Gasteiger partial charge is 0.240 e. The summed E-state index contributed by atoms with van der Waals surface area (Å²) in [5.41, 5.74) is 6.28. The van der Waals surface area contributed by atoms with E-state index in [-0.39, 0.29) is 16.4 Å². The molecule has 1 aromatic carbocycles. The summed E-state index contributed by atoms with van der Waals surface area (Å²) >= 11 is 0. The fourth-order valence-electron chi connectivity index (χ4n) is 2.70. The van der Waals surface area contributed by atoms with Crippen LogP contribution in [0, 0.1) is 5.41 Å². The number of sulfonamides is 1. The first-order valence-corrected chi connectivity index (χ1v) is 8.18. The average molecular weight is 298 g/mol. The zero-order valence-electron chi connectivity index (χ0n) is 12.1. The Labute approximate surface area is 120 Å². The third-order valence-corrected chi connectivity index (χ3v) is 5.32. The molecule has 0 amide bonds. The quantitative estimate of drug-likeness (QED) is 0.834. The summed E-state index contributed by atoms with van der Waals surface area (Å²) < 4.78 is 32.5. The molecule has 1 saturated carbocycles. The van der Waals surface area contributed by atoms with Gasteiger partial charge in [-0.15, -0.1) is 0 Å². The van der Waals surface area contributed by atoms with Gasteiger partial charge in [-0.2, -0.15) is 0 Å². The highest BCUT2D eigenvalue weighted by Gasteiger charge is 2.33. The van der Waals surface area contributed by atoms with E-state index < -0.39 is 10.0 Å². The highest BCUT2D eigenvalue weighted by atomic mass is 32.2. The number of anilines is 1. The first-order valence-electron chi connectivity index (χ1n) is 6.69. The van der Waals surface area contributed by atoms with Gasteiger partial charge in [0.25, 0.3) is 0 Å². The summed E-state index contributed by atoms with van der Waals surface area (Å²) in [6.45, 7) is 4.32. The molecule has 20 heavy (non-hydrogen) atoms. The summed E-state index contributed by atoms with van der Waals surface area (Å²) in [6, 6.07) is 4.51. The van der Waals surface area contributed by atoms with Crippen molar-refractivity contribution in [1.82, 2.24) is 4.72 Å². The van der Waals surface area contributed by atoms with E-state index in [1.54, 1.807) is 6.07 Å². The van der Waals surface area contributed by atoms with Crippen molar-refractivity contribution in [2.24, 2.45) is 5.41 Å². The number of hydrogen-bond donors (Lipinski definition) is 2. The Morgan fingerprint density at radius 1 is 1.40 bits per heavy atom. The summed E-state index contributed by atoms with van der Waals surface area (Å²) in [5, 5.41) is 0. The van der Waals surface area contributed by atoms with Crippen LogP contribution in [0.25, 0.3) is 0 Å². The molecule has 1 unspecified atom stereocenters. The number of rotatable bonds is 4. The predicted octanol–water partition coefficient (Wildman–Crippen LogP) is 2.13. The van der Waals surface area contributed by atoms with Crippen LogP contribution in [-0.2, 0) is 10.0 Å². The Morgan fingerprint density at radius 2 is 2.10 bits per heavy atom. The van der Waals surface area contributed by atoms with E-state index in [0.717, 1.165) is 19.3 Å². The maximum Gasteiger partial charge on any atom is 0.240 e. The molecule has 0 spiro atoms. The van der Waals surface area contributed by atoms with Crippen LogP contribution in [0.15, 0.2) is 23.1 Å². The van der Waals surface area contributed by atoms with Gasteiger partial charge in [-0.1, -0.05) is 13.8 Å². The summed E-state index contributed by atoms with van der Waals surface area (Å²) in [7, 11) is -2.03. The van der Waals surface area contributed by atoms with Crippen molar-refractivity contribution in [1.29, 1.82) is 0 Å².